The van der Waals surface area contributed by atoms with Crippen LogP contribution < -0.4 is 10.1 Å². The lowest BCUT2D eigenvalue weighted by Crippen LogP contribution is -2.45. The summed E-state index contributed by atoms with van der Waals surface area (Å²) < 4.78 is 5.74. The van der Waals surface area contributed by atoms with Crippen molar-refractivity contribution in [3.8, 4) is 5.75 Å². The Hall–Kier alpha value is -2.61. The van der Waals surface area contributed by atoms with E-state index in [1.165, 1.54) is 6.42 Å². The zero-order valence-electron chi connectivity index (χ0n) is 15.9. The molecule has 8 heteroatoms. The number of rotatable bonds is 6. The average molecular weight is 386 g/mol. The number of hydrogen-bond acceptors (Lipinski definition) is 6. The van der Waals surface area contributed by atoms with Gasteiger partial charge in [0.15, 0.2) is 6.61 Å². The predicted molar refractivity (Wildman–Crippen MR) is 103 cm³/mol. The zero-order valence-corrected chi connectivity index (χ0v) is 15.9. The summed E-state index contributed by atoms with van der Waals surface area (Å²) in [6, 6.07) is 5.75. The Kier molecular flexibility index (Phi) is 5.47. The number of carbonyl (C=O) groups excluding carboxylic acids is 2. The molecule has 0 spiro atoms. The number of benzene rings is 1. The molecule has 8 nitrogen and oxygen atoms in total. The van der Waals surface area contributed by atoms with Gasteiger partial charge in [-0.1, -0.05) is 25.3 Å². The van der Waals surface area contributed by atoms with Crippen LogP contribution in [0, 0.1) is 0 Å². The van der Waals surface area contributed by atoms with Gasteiger partial charge in [-0.25, -0.2) is 4.99 Å². The van der Waals surface area contributed by atoms with Gasteiger partial charge < -0.3 is 19.6 Å². The summed E-state index contributed by atoms with van der Waals surface area (Å²) in [5, 5.41) is 12.1. The Labute approximate surface area is 164 Å². The summed E-state index contributed by atoms with van der Waals surface area (Å²) in [7, 11) is 0. The van der Waals surface area contributed by atoms with E-state index in [0.717, 1.165) is 36.9 Å². The van der Waals surface area contributed by atoms with Crippen LogP contribution in [-0.4, -0.2) is 65.0 Å². The van der Waals surface area contributed by atoms with E-state index in [0.29, 0.717) is 31.3 Å². The highest BCUT2D eigenvalue weighted by atomic mass is 16.5. The van der Waals surface area contributed by atoms with E-state index >= 15 is 0 Å². The number of nitrogens with zero attached hydrogens (tertiary/aromatic N) is 3. The van der Waals surface area contributed by atoms with Gasteiger partial charge in [0.25, 0.3) is 5.91 Å². The van der Waals surface area contributed by atoms with Crippen LogP contribution in [0.3, 0.4) is 0 Å². The molecule has 0 aromatic heterocycles. The summed E-state index contributed by atoms with van der Waals surface area (Å²) in [4.78, 5) is 32.4. The molecular formula is C20H26N4O4. The van der Waals surface area contributed by atoms with Crippen molar-refractivity contribution in [3.05, 3.63) is 23.8 Å². The molecule has 0 atom stereocenters. The minimum Gasteiger partial charge on any atom is -0.484 e. The van der Waals surface area contributed by atoms with Crippen molar-refractivity contribution in [3.63, 3.8) is 0 Å². The number of fused-ring (bicyclic) bond motifs is 2. The lowest BCUT2D eigenvalue weighted by atomic mass is 9.94. The van der Waals surface area contributed by atoms with Crippen LogP contribution >= 0.6 is 0 Å². The summed E-state index contributed by atoms with van der Waals surface area (Å²) >= 11 is 0. The Morgan fingerprint density at radius 1 is 1.29 bits per heavy atom. The number of aliphatic imine (C=N–C) groups is 1. The van der Waals surface area contributed by atoms with Crippen molar-refractivity contribution in [2.45, 2.75) is 44.7 Å². The molecule has 28 heavy (non-hydrogen) atoms. The van der Waals surface area contributed by atoms with Gasteiger partial charge in [0, 0.05) is 25.2 Å². The molecule has 1 saturated carbocycles. The Bertz CT molecular complexity index is 788. The fourth-order valence-electron chi connectivity index (χ4n) is 4.15. The van der Waals surface area contributed by atoms with E-state index in [1.54, 1.807) is 11.0 Å². The maximum atomic E-state index is 12.7. The lowest BCUT2D eigenvalue weighted by molar-refractivity contribution is -0.137. The third kappa shape index (κ3) is 3.96. The van der Waals surface area contributed by atoms with Crippen molar-refractivity contribution in [1.29, 1.82) is 0 Å². The fourth-order valence-corrected chi connectivity index (χ4v) is 4.15. The van der Waals surface area contributed by atoms with Crippen molar-refractivity contribution in [2.75, 3.05) is 26.3 Å². The molecule has 1 aromatic rings. The Balaban J connectivity index is 1.40. The lowest BCUT2D eigenvalue weighted by Gasteiger charge is -2.34. The van der Waals surface area contributed by atoms with Gasteiger partial charge in [-0.15, -0.1) is 0 Å². The number of hydrogen-bond donors (Lipinski definition) is 2. The first-order chi connectivity index (χ1) is 13.6. The van der Waals surface area contributed by atoms with Crippen LogP contribution in [0.4, 0.5) is 5.69 Å². The molecule has 0 radical (unpaired) electrons. The number of carbonyl (C=O) groups is 2. The van der Waals surface area contributed by atoms with Crippen LogP contribution in [0.2, 0.25) is 0 Å². The number of guanidine groups is 1. The second kappa shape index (κ2) is 8.18. The van der Waals surface area contributed by atoms with Gasteiger partial charge in [0.05, 0.1) is 12.3 Å². The van der Waals surface area contributed by atoms with Crippen LogP contribution in [0.5, 0.6) is 5.75 Å². The Morgan fingerprint density at radius 2 is 2.11 bits per heavy atom. The number of aliphatic hydroxyl groups is 1. The standard InChI is InChI=1S/C20H26N4O4/c25-9-8-24(15-4-2-1-3-5-15)19(27)13-28-16-7-6-14-11-23-12-18(26)22-20(23)21-17(14)10-16/h6-7,10,15,25H,1-5,8-9,11-13H2,(H,21,22,26). The van der Waals surface area contributed by atoms with E-state index in [-0.39, 0.29) is 31.1 Å². The summed E-state index contributed by atoms with van der Waals surface area (Å²) in [6.07, 6.45) is 5.44. The van der Waals surface area contributed by atoms with E-state index in [9.17, 15) is 14.7 Å². The van der Waals surface area contributed by atoms with Crippen molar-refractivity contribution >= 4 is 23.5 Å². The second-order valence-electron chi connectivity index (χ2n) is 7.52. The van der Waals surface area contributed by atoms with Crippen LogP contribution in [-0.2, 0) is 16.1 Å². The molecule has 0 unspecified atom stereocenters. The first-order valence-corrected chi connectivity index (χ1v) is 9.93. The van der Waals surface area contributed by atoms with Crippen LogP contribution in [0.1, 0.15) is 37.7 Å². The predicted octanol–water partition coefficient (Wildman–Crippen LogP) is 1.15. The maximum absolute atomic E-state index is 12.7. The smallest absolute Gasteiger partial charge is 0.260 e. The molecule has 1 saturated heterocycles. The summed E-state index contributed by atoms with van der Waals surface area (Å²) in [6.45, 7) is 1.20. The molecule has 4 rings (SSSR count). The van der Waals surface area contributed by atoms with E-state index in [1.807, 2.05) is 17.0 Å². The third-order valence-electron chi connectivity index (χ3n) is 5.57. The monoisotopic (exact) mass is 386 g/mol. The van der Waals surface area contributed by atoms with Crippen molar-refractivity contribution in [1.82, 2.24) is 15.1 Å². The van der Waals surface area contributed by atoms with Crippen LogP contribution in [0.25, 0.3) is 0 Å². The SMILES string of the molecule is O=C1CN2Cc3ccc(OCC(=O)N(CCO)C4CCCCC4)cc3N=C2N1. The maximum Gasteiger partial charge on any atom is 0.260 e. The highest BCUT2D eigenvalue weighted by Gasteiger charge is 2.29. The molecule has 2 fully saturated rings. The molecule has 150 valence electrons. The van der Waals surface area contributed by atoms with Gasteiger partial charge >= 0.3 is 0 Å². The van der Waals surface area contributed by atoms with Crippen molar-refractivity contribution < 1.29 is 19.4 Å². The second-order valence-corrected chi connectivity index (χ2v) is 7.52. The molecule has 2 aliphatic heterocycles. The largest absolute Gasteiger partial charge is 0.484 e. The number of nitrogens with one attached hydrogen (secondary N) is 1. The first-order valence-electron chi connectivity index (χ1n) is 9.93. The molecule has 2 heterocycles. The third-order valence-corrected chi connectivity index (χ3v) is 5.57. The van der Waals surface area contributed by atoms with Gasteiger partial charge in [-0.2, -0.15) is 0 Å². The summed E-state index contributed by atoms with van der Waals surface area (Å²) in [5.74, 6) is 0.985. The summed E-state index contributed by atoms with van der Waals surface area (Å²) in [5.41, 5.74) is 1.76. The van der Waals surface area contributed by atoms with E-state index in [4.69, 9.17) is 4.74 Å². The van der Waals surface area contributed by atoms with E-state index < -0.39 is 0 Å². The molecule has 0 bridgehead atoms. The molecule has 2 amide bonds. The minimum absolute atomic E-state index is 0.0409. The number of ether oxygens (including phenoxy) is 1. The van der Waals surface area contributed by atoms with Gasteiger partial charge in [-0.3, -0.25) is 14.9 Å². The van der Waals surface area contributed by atoms with Crippen molar-refractivity contribution in [2.24, 2.45) is 4.99 Å². The molecular weight excluding hydrogens is 360 g/mol. The molecule has 3 aliphatic rings. The van der Waals surface area contributed by atoms with E-state index in [2.05, 4.69) is 10.3 Å². The van der Waals surface area contributed by atoms with Gasteiger partial charge in [-0.05, 0) is 24.5 Å². The fraction of sp³-hybridized carbons (Fsp3) is 0.550. The minimum atomic E-state index is -0.0979. The highest BCUT2D eigenvalue weighted by Crippen LogP contribution is 2.31. The number of aliphatic hydroxyl groups excluding tert-OH is 1. The average Bonchev–Trinajstić information content (AvgIpc) is 3.07. The topological polar surface area (TPSA) is 94.5 Å². The number of amides is 2. The molecule has 2 N–H and O–H groups in total. The Morgan fingerprint density at radius 3 is 2.89 bits per heavy atom. The molecule has 1 aromatic carbocycles. The van der Waals surface area contributed by atoms with Gasteiger partial charge in [0.1, 0.15) is 12.3 Å². The van der Waals surface area contributed by atoms with Gasteiger partial charge in [0.2, 0.25) is 11.9 Å². The molecule has 1 aliphatic carbocycles. The quantitative estimate of drug-likeness (QED) is 0.765. The first kappa shape index (κ1) is 18.7. The highest BCUT2D eigenvalue weighted by molar-refractivity contribution is 6.05. The normalized spacial score (nSPS) is 18.8. The zero-order chi connectivity index (χ0) is 19.5. The van der Waals surface area contributed by atoms with Crippen LogP contribution in [0.15, 0.2) is 23.2 Å².